The van der Waals surface area contributed by atoms with E-state index in [4.69, 9.17) is 21.1 Å². The van der Waals surface area contributed by atoms with Crippen molar-refractivity contribution < 1.29 is 19.1 Å². The van der Waals surface area contributed by atoms with Crippen LogP contribution in [0.25, 0.3) is 11.4 Å². The first-order valence-electron chi connectivity index (χ1n) is 11.2. The molecule has 2 aromatic rings. The predicted octanol–water partition coefficient (Wildman–Crippen LogP) is 2.54. The molecule has 0 saturated carbocycles. The molecule has 2 atom stereocenters. The Bertz CT molecular complexity index is 1080. The summed E-state index contributed by atoms with van der Waals surface area (Å²) in [6.45, 7) is 8.41. The Kier molecular flexibility index (Phi) is 7.01. The van der Waals surface area contributed by atoms with Gasteiger partial charge in [0.15, 0.2) is 0 Å². The Morgan fingerprint density at radius 3 is 2.71 bits per heavy atom. The van der Waals surface area contributed by atoms with Crippen molar-refractivity contribution in [2.45, 2.75) is 38.5 Å². The monoisotopic (exact) mass is 488 g/mol. The van der Waals surface area contributed by atoms with Gasteiger partial charge in [-0.15, -0.1) is 0 Å². The van der Waals surface area contributed by atoms with Crippen LogP contribution < -0.4 is 5.32 Å². The molecule has 0 spiro atoms. The SMILES string of the molecule is CNC(=O)c1cc(-c2cc([C@@H]3CN(C(=O)OC(C)(C)C)C[C@H]4COCCN43)cc(Cl)n2)ncn1. The number of nitrogens with one attached hydrogen (secondary N) is 1. The van der Waals surface area contributed by atoms with Gasteiger partial charge >= 0.3 is 6.09 Å². The van der Waals surface area contributed by atoms with Gasteiger partial charge in [-0.1, -0.05) is 11.6 Å². The Morgan fingerprint density at radius 1 is 1.18 bits per heavy atom. The maximum atomic E-state index is 12.9. The molecule has 11 heteroatoms. The van der Waals surface area contributed by atoms with Crippen LogP contribution in [0, 0.1) is 0 Å². The number of morpholine rings is 1. The first kappa shape index (κ1) is 24.3. The number of hydrogen-bond donors (Lipinski definition) is 1. The van der Waals surface area contributed by atoms with Crippen LogP contribution in [0.4, 0.5) is 4.79 Å². The number of halogens is 1. The van der Waals surface area contributed by atoms with Crippen LogP contribution >= 0.6 is 11.6 Å². The molecule has 4 rings (SSSR count). The van der Waals surface area contributed by atoms with Crippen LogP contribution in [0.1, 0.15) is 42.9 Å². The van der Waals surface area contributed by atoms with E-state index in [1.807, 2.05) is 32.9 Å². The maximum Gasteiger partial charge on any atom is 0.410 e. The van der Waals surface area contributed by atoms with Gasteiger partial charge in [-0.05, 0) is 44.5 Å². The number of ether oxygens (including phenoxy) is 2. The summed E-state index contributed by atoms with van der Waals surface area (Å²) in [6, 6.07) is 5.19. The van der Waals surface area contributed by atoms with Crippen LogP contribution in [0.15, 0.2) is 24.5 Å². The molecule has 4 heterocycles. The fraction of sp³-hybridized carbons (Fsp3) is 0.522. The van der Waals surface area contributed by atoms with E-state index in [-0.39, 0.29) is 29.8 Å². The summed E-state index contributed by atoms with van der Waals surface area (Å²) in [4.78, 5) is 41.7. The molecule has 2 aromatic heterocycles. The fourth-order valence-corrected chi connectivity index (χ4v) is 4.46. The molecule has 182 valence electrons. The molecule has 34 heavy (non-hydrogen) atoms. The molecule has 0 aliphatic carbocycles. The number of fused-ring (bicyclic) bond motifs is 1. The lowest BCUT2D eigenvalue weighted by Gasteiger charge is -2.48. The predicted molar refractivity (Wildman–Crippen MR) is 126 cm³/mol. The van der Waals surface area contributed by atoms with E-state index in [0.717, 1.165) is 12.1 Å². The maximum absolute atomic E-state index is 12.9. The summed E-state index contributed by atoms with van der Waals surface area (Å²) in [7, 11) is 1.54. The van der Waals surface area contributed by atoms with Crippen molar-refractivity contribution in [2.24, 2.45) is 0 Å². The summed E-state index contributed by atoms with van der Waals surface area (Å²) < 4.78 is 11.3. The molecule has 1 N–H and O–H groups in total. The Labute approximate surface area is 203 Å². The zero-order chi connectivity index (χ0) is 24.5. The second-order valence-corrected chi connectivity index (χ2v) is 9.73. The number of hydrogen-bond acceptors (Lipinski definition) is 8. The number of carbonyl (C=O) groups excluding carboxylic acids is 2. The molecule has 10 nitrogen and oxygen atoms in total. The minimum Gasteiger partial charge on any atom is -0.444 e. The van der Waals surface area contributed by atoms with E-state index in [1.54, 1.807) is 11.0 Å². The van der Waals surface area contributed by atoms with E-state index in [1.165, 1.54) is 13.4 Å². The minimum atomic E-state index is -0.588. The van der Waals surface area contributed by atoms with E-state index >= 15 is 0 Å². The average molecular weight is 489 g/mol. The molecule has 0 aromatic carbocycles. The molecule has 2 saturated heterocycles. The van der Waals surface area contributed by atoms with E-state index in [0.29, 0.717) is 42.8 Å². The van der Waals surface area contributed by atoms with Crippen molar-refractivity contribution >= 4 is 23.6 Å². The smallest absolute Gasteiger partial charge is 0.410 e. The van der Waals surface area contributed by atoms with Crippen molar-refractivity contribution in [3.05, 3.63) is 40.9 Å². The van der Waals surface area contributed by atoms with Crippen molar-refractivity contribution in [3.8, 4) is 11.4 Å². The van der Waals surface area contributed by atoms with E-state index in [2.05, 4.69) is 25.2 Å². The third-order valence-corrected chi connectivity index (χ3v) is 5.93. The van der Waals surface area contributed by atoms with Crippen LogP contribution in [-0.4, -0.2) is 88.3 Å². The lowest BCUT2D eigenvalue weighted by molar-refractivity contribution is -0.0759. The van der Waals surface area contributed by atoms with Gasteiger partial charge < -0.3 is 19.7 Å². The van der Waals surface area contributed by atoms with E-state index in [9.17, 15) is 9.59 Å². The van der Waals surface area contributed by atoms with Gasteiger partial charge in [0.2, 0.25) is 0 Å². The number of rotatable bonds is 3. The Morgan fingerprint density at radius 2 is 1.97 bits per heavy atom. The number of piperazine rings is 1. The van der Waals surface area contributed by atoms with Crippen molar-refractivity contribution in [3.63, 3.8) is 0 Å². The van der Waals surface area contributed by atoms with Gasteiger partial charge in [0.25, 0.3) is 5.91 Å². The molecule has 0 bridgehead atoms. The molecular weight excluding hydrogens is 460 g/mol. The van der Waals surface area contributed by atoms with Crippen molar-refractivity contribution in [1.29, 1.82) is 0 Å². The highest BCUT2D eigenvalue weighted by Gasteiger charge is 2.40. The summed E-state index contributed by atoms with van der Waals surface area (Å²) in [5.41, 5.74) is 1.55. The zero-order valence-electron chi connectivity index (χ0n) is 19.7. The highest BCUT2D eigenvalue weighted by molar-refractivity contribution is 6.29. The van der Waals surface area contributed by atoms with Gasteiger partial charge in [0.05, 0.1) is 36.7 Å². The quantitative estimate of drug-likeness (QED) is 0.656. The molecule has 2 fully saturated rings. The van der Waals surface area contributed by atoms with Crippen LogP contribution in [0.5, 0.6) is 0 Å². The first-order chi connectivity index (χ1) is 16.1. The number of pyridine rings is 1. The Hall–Kier alpha value is -2.82. The standard InChI is InChI=1S/C23H29ClN6O4/c1-23(2,3)34-22(32)29-10-15-12-33-6-5-30(15)19(11-29)14-7-17(28-20(24)8-14)16-9-18(21(31)25-4)27-13-26-16/h7-9,13,15,19H,5-6,10-12H2,1-4H3,(H,25,31)/t15-,19-/m0/s1. The lowest BCUT2D eigenvalue weighted by Crippen LogP contribution is -2.60. The highest BCUT2D eigenvalue weighted by atomic mass is 35.5. The molecule has 2 aliphatic heterocycles. The molecule has 0 radical (unpaired) electrons. The average Bonchev–Trinajstić information content (AvgIpc) is 2.81. The first-order valence-corrected chi connectivity index (χ1v) is 11.6. The lowest BCUT2D eigenvalue weighted by atomic mass is 9.98. The number of nitrogens with zero attached hydrogens (tertiary/aromatic N) is 5. The number of aromatic nitrogens is 3. The summed E-state index contributed by atoms with van der Waals surface area (Å²) in [5, 5.41) is 2.85. The Balaban J connectivity index is 1.68. The fourth-order valence-electron chi connectivity index (χ4n) is 4.24. The van der Waals surface area contributed by atoms with Crippen molar-refractivity contribution in [1.82, 2.24) is 30.1 Å². The molecule has 0 unspecified atom stereocenters. The highest BCUT2D eigenvalue weighted by Crippen LogP contribution is 2.33. The second-order valence-electron chi connectivity index (χ2n) is 9.34. The van der Waals surface area contributed by atoms with Gasteiger partial charge in [-0.3, -0.25) is 9.69 Å². The van der Waals surface area contributed by atoms with Gasteiger partial charge in [0.1, 0.15) is 22.8 Å². The van der Waals surface area contributed by atoms with Crippen LogP contribution in [-0.2, 0) is 9.47 Å². The number of amides is 2. The van der Waals surface area contributed by atoms with Gasteiger partial charge in [0, 0.05) is 26.7 Å². The third-order valence-electron chi connectivity index (χ3n) is 5.74. The normalized spacial score (nSPS) is 21.0. The van der Waals surface area contributed by atoms with Gasteiger partial charge in [-0.25, -0.2) is 19.7 Å². The minimum absolute atomic E-state index is 0.0364. The largest absolute Gasteiger partial charge is 0.444 e. The molecular formula is C23H29ClN6O4. The molecule has 2 amide bonds. The van der Waals surface area contributed by atoms with Crippen LogP contribution in [0.2, 0.25) is 5.15 Å². The number of carbonyl (C=O) groups is 2. The third kappa shape index (κ3) is 5.45. The zero-order valence-corrected chi connectivity index (χ0v) is 20.5. The molecule has 2 aliphatic rings. The summed E-state index contributed by atoms with van der Waals surface area (Å²) >= 11 is 6.43. The van der Waals surface area contributed by atoms with Crippen molar-refractivity contribution in [2.75, 3.05) is 39.9 Å². The topological polar surface area (TPSA) is 110 Å². The van der Waals surface area contributed by atoms with Gasteiger partial charge in [-0.2, -0.15) is 0 Å². The van der Waals surface area contributed by atoms with Crippen LogP contribution in [0.3, 0.4) is 0 Å². The second kappa shape index (κ2) is 9.81. The summed E-state index contributed by atoms with van der Waals surface area (Å²) in [6.07, 6.45) is 0.972. The van der Waals surface area contributed by atoms with E-state index < -0.39 is 5.60 Å². The summed E-state index contributed by atoms with van der Waals surface area (Å²) in [5.74, 6) is -0.317.